The van der Waals surface area contributed by atoms with Crippen LogP contribution in [0.4, 0.5) is 4.79 Å². The maximum Gasteiger partial charge on any atom is 0.411 e. The van der Waals surface area contributed by atoms with Gasteiger partial charge in [-0.05, 0) is 20.8 Å². The Labute approximate surface area is 102 Å². The Balaban J connectivity index is 2.68. The molecule has 0 aromatic carbocycles. The molecule has 1 saturated heterocycles. The quantitative estimate of drug-likeness (QED) is 0.732. The van der Waals surface area contributed by atoms with Crippen LogP contribution in [0.5, 0.6) is 0 Å². The third kappa shape index (κ3) is 3.79. The number of nitrogens with zero attached hydrogens (tertiary/aromatic N) is 1. The molecular formula is C9H15NO4S2. The van der Waals surface area contributed by atoms with Gasteiger partial charge in [-0.15, -0.1) is 0 Å². The second kappa shape index (κ2) is 5.18. The summed E-state index contributed by atoms with van der Waals surface area (Å²) in [5.41, 5.74) is -0.602. The summed E-state index contributed by atoms with van der Waals surface area (Å²) in [4.78, 5) is 24.0. The van der Waals surface area contributed by atoms with Gasteiger partial charge in [-0.1, -0.05) is 21.6 Å². The summed E-state index contributed by atoms with van der Waals surface area (Å²) in [6.45, 7) is 5.68. The summed E-state index contributed by atoms with van der Waals surface area (Å²) in [5, 5.41) is 8.12. The van der Waals surface area contributed by atoms with Gasteiger partial charge >= 0.3 is 12.1 Å². The van der Waals surface area contributed by atoms with Gasteiger partial charge in [0.25, 0.3) is 0 Å². The summed E-state index contributed by atoms with van der Waals surface area (Å²) in [6, 6.07) is 0. The molecule has 0 aliphatic carbocycles. The largest absolute Gasteiger partial charge is 0.479 e. The van der Waals surface area contributed by atoms with Crippen LogP contribution >= 0.6 is 21.6 Å². The monoisotopic (exact) mass is 265 g/mol. The number of carbonyl (C=O) groups excluding carboxylic acids is 1. The van der Waals surface area contributed by atoms with Crippen LogP contribution in [0.15, 0.2) is 0 Å². The molecule has 0 radical (unpaired) electrons. The van der Waals surface area contributed by atoms with Crippen LogP contribution in [0.3, 0.4) is 0 Å². The Kier molecular flexibility index (Phi) is 4.37. The Hall–Kier alpha value is -0.560. The number of aliphatic carboxylic acids is 1. The molecule has 1 atom stereocenters. The molecular weight excluding hydrogens is 250 g/mol. The summed E-state index contributed by atoms with van der Waals surface area (Å²) in [6.07, 6.45) is -0.562. The fraction of sp³-hybridized carbons (Fsp3) is 0.778. The summed E-state index contributed by atoms with van der Waals surface area (Å²) >= 11 is 0. The van der Waals surface area contributed by atoms with Crippen molar-refractivity contribution < 1.29 is 19.4 Å². The van der Waals surface area contributed by atoms with Gasteiger partial charge in [0.1, 0.15) is 5.60 Å². The molecule has 5 nitrogen and oxygen atoms in total. The Morgan fingerprint density at radius 1 is 1.44 bits per heavy atom. The second-order valence-electron chi connectivity index (χ2n) is 4.28. The Morgan fingerprint density at radius 3 is 2.56 bits per heavy atom. The molecule has 7 heteroatoms. The summed E-state index contributed by atoms with van der Waals surface area (Å²) in [7, 11) is 2.63. The molecule has 1 heterocycles. The van der Waals surface area contributed by atoms with Crippen LogP contribution in [0, 0.1) is 0 Å². The third-order valence-corrected chi connectivity index (χ3v) is 4.28. The number of carbonyl (C=O) groups is 2. The third-order valence-electron chi connectivity index (χ3n) is 1.70. The molecule has 92 valence electrons. The number of rotatable bonds is 1. The number of hydrogen-bond acceptors (Lipinski definition) is 5. The highest BCUT2D eigenvalue weighted by atomic mass is 33.1. The minimum Gasteiger partial charge on any atom is -0.479 e. The maximum atomic E-state index is 11.7. The minimum atomic E-state index is -1.01. The standard InChI is InChI=1S/C9H15NO4S2/c1-9(2,3)14-8(13)10-4-5-15-16-6(10)7(11)12/h6H,4-5H2,1-3H3,(H,11,12). The average Bonchev–Trinajstić information content (AvgIpc) is 2.15. The SMILES string of the molecule is CC(C)(C)OC(=O)N1CCSSC1C(=O)O. The van der Waals surface area contributed by atoms with E-state index in [1.807, 2.05) is 0 Å². The second-order valence-corrected chi connectivity index (χ2v) is 6.85. The lowest BCUT2D eigenvalue weighted by atomic mass is 10.2. The van der Waals surface area contributed by atoms with Gasteiger partial charge in [0.2, 0.25) is 0 Å². The summed E-state index contributed by atoms with van der Waals surface area (Å²) in [5.74, 6) is -0.295. The van der Waals surface area contributed by atoms with Crippen molar-refractivity contribution in [1.29, 1.82) is 0 Å². The molecule has 16 heavy (non-hydrogen) atoms. The first kappa shape index (κ1) is 13.5. The van der Waals surface area contributed by atoms with Crippen LogP contribution in [0.1, 0.15) is 20.8 Å². The van der Waals surface area contributed by atoms with Crippen molar-refractivity contribution in [3.8, 4) is 0 Å². The van der Waals surface area contributed by atoms with Gasteiger partial charge in [-0.3, -0.25) is 4.90 Å². The van der Waals surface area contributed by atoms with Crippen LogP contribution in [0.25, 0.3) is 0 Å². The molecule has 1 amide bonds. The predicted octanol–water partition coefficient (Wildman–Crippen LogP) is 2.03. The highest BCUT2D eigenvalue weighted by molar-refractivity contribution is 8.77. The number of hydrogen-bond donors (Lipinski definition) is 1. The lowest BCUT2D eigenvalue weighted by Gasteiger charge is -2.33. The fourth-order valence-electron chi connectivity index (χ4n) is 1.10. The number of carboxylic acid groups (broad SMARTS) is 1. The predicted molar refractivity (Wildman–Crippen MR) is 64.4 cm³/mol. The minimum absolute atomic E-state index is 0.406. The lowest BCUT2D eigenvalue weighted by molar-refractivity contribution is -0.139. The molecule has 0 aromatic heterocycles. The first-order chi connectivity index (χ1) is 7.31. The Bertz CT molecular complexity index is 290. The van der Waals surface area contributed by atoms with E-state index in [0.29, 0.717) is 12.3 Å². The van der Waals surface area contributed by atoms with Crippen LogP contribution in [0.2, 0.25) is 0 Å². The Morgan fingerprint density at radius 2 is 2.06 bits per heavy atom. The molecule has 0 bridgehead atoms. The van der Waals surface area contributed by atoms with Crippen LogP contribution in [-0.2, 0) is 9.53 Å². The van der Waals surface area contributed by atoms with Crippen molar-refractivity contribution >= 4 is 33.7 Å². The van der Waals surface area contributed by atoms with Gasteiger partial charge < -0.3 is 9.84 Å². The van der Waals surface area contributed by atoms with Gasteiger partial charge in [0.05, 0.1) is 0 Å². The smallest absolute Gasteiger partial charge is 0.411 e. The lowest BCUT2D eigenvalue weighted by Crippen LogP contribution is -2.47. The van der Waals surface area contributed by atoms with E-state index in [9.17, 15) is 9.59 Å². The molecule has 1 fully saturated rings. The molecule has 1 aliphatic heterocycles. The van der Waals surface area contributed by atoms with E-state index in [1.165, 1.54) is 26.5 Å². The van der Waals surface area contributed by atoms with Crippen LogP contribution < -0.4 is 0 Å². The zero-order valence-electron chi connectivity index (χ0n) is 9.43. The van der Waals surface area contributed by atoms with Crippen molar-refractivity contribution in [3.05, 3.63) is 0 Å². The first-order valence-corrected chi connectivity index (χ1v) is 7.20. The zero-order valence-corrected chi connectivity index (χ0v) is 11.1. The van der Waals surface area contributed by atoms with Crippen molar-refractivity contribution in [2.75, 3.05) is 12.3 Å². The molecule has 0 aromatic rings. The highest BCUT2D eigenvalue weighted by Gasteiger charge is 2.35. The number of carboxylic acids is 1. The van der Waals surface area contributed by atoms with E-state index in [0.717, 1.165) is 0 Å². The normalized spacial score (nSPS) is 21.7. The molecule has 1 N–H and O–H groups in total. The molecule has 1 unspecified atom stereocenters. The number of ether oxygens (including phenoxy) is 1. The average molecular weight is 265 g/mol. The van der Waals surface area contributed by atoms with Gasteiger partial charge in [-0.25, -0.2) is 9.59 Å². The van der Waals surface area contributed by atoms with E-state index in [-0.39, 0.29) is 0 Å². The van der Waals surface area contributed by atoms with Crippen molar-refractivity contribution in [3.63, 3.8) is 0 Å². The van der Waals surface area contributed by atoms with Crippen molar-refractivity contribution in [2.45, 2.75) is 31.7 Å². The fourth-order valence-corrected chi connectivity index (χ4v) is 3.43. The van der Waals surface area contributed by atoms with Crippen LogP contribution in [-0.4, -0.2) is 45.3 Å². The van der Waals surface area contributed by atoms with E-state index in [2.05, 4.69) is 0 Å². The molecule has 0 saturated carbocycles. The van der Waals surface area contributed by atoms with E-state index < -0.39 is 23.0 Å². The summed E-state index contributed by atoms with van der Waals surface area (Å²) < 4.78 is 5.16. The van der Waals surface area contributed by atoms with E-state index >= 15 is 0 Å². The molecule has 1 rings (SSSR count). The topological polar surface area (TPSA) is 66.8 Å². The van der Waals surface area contributed by atoms with E-state index in [4.69, 9.17) is 9.84 Å². The molecule has 0 spiro atoms. The zero-order chi connectivity index (χ0) is 12.3. The maximum absolute atomic E-state index is 11.7. The van der Waals surface area contributed by atoms with E-state index in [1.54, 1.807) is 20.8 Å². The number of amides is 1. The van der Waals surface area contributed by atoms with Gasteiger partial charge in [0, 0.05) is 12.3 Å². The molecule has 1 aliphatic rings. The van der Waals surface area contributed by atoms with Crippen molar-refractivity contribution in [2.24, 2.45) is 0 Å². The van der Waals surface area contributed by atoms with Crippen molar-refractivity contribution in [1.82, 2.24) is 4.90 Å². The highest BCUT2D eigenvalue weighted by Crippen LogP contribution is 2.34. The van der Waals surface area contributed by atoms with Gasteiger partial charge in [0.15, 0.2) is 5.37 Å². The first-order valence-electron chi connectivity index (χ1n) is 4.82. The van der Waals surface area contributed by atoms with Gasteiger partial charge in [-0.2, -0.15) is 0 Å².